The molecule has 0 bridgehead atoms. The largest absolute Gasteiger partial charge is 0.432 e. The van der Waals surface area contributed by atoms with E-state index in [4.69, 9.17) is 8.85 Å². The zero-order valence-electron chi connectivity index (χ0n) is 26.5. The van der Waals surface area contributed by atoms with E-state index < -0.39 is 8.72 Å². The lowest BCUT2D eigenvalue weighted by molar-refractivity contribution is -0.107. The first-order chi connectivity index (χ1) is 20.8. The van der Waals surface area contributed by atoms with Crippen LogP contribution < -0.4 is 0 Å². The molecule has 1 saturated heterocycles. The number of hydrogen-bond donors (Lipinski definition) is 1. The summed E-state index contributed by atoms with van der Waals surface area (Å²) in [5, 5.41) is 9.44. The number of aryl methyl sites for hydroxylation is 2. The topological polar surface area (TPSA) is 59.0 Å². The van der Waals surface area contributed by atoms with E-state index in [1.165, 1.54) is 16.7 Å². The molecule has 3 aromatic rings. The molecular formula is C38H55NO4Si. The van der Waals surface area contributed by atoms with E-state index in [9.17, 15) is 9.90 Å². The highest BCUT2D eigenvalue weighted by molar-refractivity contribution is 6.65. The summed E-state index contributed by atoms with van der Waals surface area (Å²) in [4.78, 5) is 9.98. The van der Waals surface area contributed by atoms with Crippen molar-refractivity contribution in [2.75, 3.05) is 7.05 Å². The van der Waals surface area contributed by atoms with Crippen LogP contribution in [0.1, 0.15) is 70.3 Å². The monoisotopic (exact) mass is 617 g/mol. The first-order valence-electron chi connectivity index (χ1n) is 15.3. The van der Waals surface area contributed by atoms with Crippen LogP contribution in [0.15, 0.2) is 116 Å². The van der Waals surface area contributed by atoms with Gasteiger partial charge in [0.25, 0.3) is 0 Å². The number of likely N-dealkylation sites (N-methyl/N-ethyl adjacent to an activating group) is 1. The summed E-state index contributed by atoms with van der Waals surface area (Å²) in [6, 6.07) is 31.7. The summed E-state index contributed by atoms with van der Waals surface area (Å²) >= 11 is 0. The summed E-state index contributed by atoms with van der Waals surface area (Å²) in [6.45, 7) is 13.8. The van der Waals surface area contributed by atoms with Gasteiger partial charge in [-0.25, -0.2) is 0 Å². The molecule has 1 N–H and O–H groups in total. The Bertz CT molecular complexity index is 1180. The molecular weight excluding hydrogens is 563 g/mol. The number of rotatable bonds is 13. The van der Waals surface area contributed by atoms with Gasteiger partial charge in [-0.3, -0.25) is 4.57 Å². The van der Waals surface area contributed by atoms with Gasteiger partial charge >= 0.3 is 8.72 Å². The molecule has 44 heavy (non-hydrogen) atoms. The Kier molecular flexibility index (Phi) is 19.0. The van der Waals surface area contributed by atoms with Crippen molar-refractivity contribution in [3.63, 3.8) is 0 Å². The molecule has 4 atom stereocenters. The van der Waals surface area contributed by atoms with Crippen LogP contribution in [0.2, 0.25) is 6.04 Å². The Morgan fingerprint density at radius 3 is 1.91 bits per heavy atom. The van der Waals surface area contributed by atoms with Gasteiger partial charge in [0.15, 0.2) is 0 Å². The maximum absolute atomic E-state index is 9.98. The van der Waals surface area contributed by atoms with E-state index in [0.717, 1.165) is 31.6 Å². The second-order valence-corrected chi connectivity index (χ2v) is 14.1. The van der Waals surface area contributed by atoms with Gasteiger partial charge in [0, 0.05) is 24.6 Å². The van der Waals surface area contributed by atoms with Gasteiger partial charge in [-0.05, 0) is 70.2 Å². The van der Waals surface area contributed by atoms with Crippen LogP contribution in [-0.4, -0.2) is 50.0 Å². The van der Waals surface area contributed by atoms with E-state index in [1.807, 2.05) is 60.7 Å². The van der Waals surface area contributed by atoms with Crippen molar-refractivity contribution in [1.82, 2.24) is 4.57 Å². The van der Waals surface area contributed by atoms with Crippen LogP contribution >= 0.6 is 0 Å². The second kappa shape index (κ2) is 21.5. The number of hydrogen-bond acceptors (Lipinski definition) is 5. The van der Waals surface area contributed by atoms with Crippen molar-refractivity contribution in [1.29, 1.82) is 0 Å². The number of allylic oxidation sites excluding steroid dienone is 1. The Morgan fingerprint density at radius 1 is 0.909 bits per heavy atom. The van der Waals surface area contributed by atoms with E-state index in [-0.39, 0.29) is 25.7 Å². The highest BCUT2D eigenvalue weighted by Gasteiger charge is 2.54. The van der Waals surface area contributed by atoms with Crippen LogP contribution in [0.3, 0.4) is 0 Å². The number of aldehydes is 1. The fraction of sp³-hybridized carbons (Fsp3) is 0.395. The predicted molar refractivity (Wildman–Crippen MR) is 188 cm³/mol. The third-order valence-electron chi connectivity index (χ3n) is 7.29. The van der Waals surface area contributed by atoms with E-state index in [2.05, 4.69) is 81.9 Å². The third kappa shape index (κ3) is 13.2. The maximum atomic E-state index is 9.98. The standard InChI is InChI=1S/C16H25NO2Si.C12H16O.C9H10O.CH4/c1-6-12-20(18-13(2)3)17(5)14(4)16(19-20)15-10-8-7-9-11-15;1-2-6-12(13)10-9-11-7-4-3-5-8-11;10-8-4-7-9-5-2-1-3-6-9;/h6-11,13-14,16H,1,12H2,2-5H3;2-5,7-8,12-13H,1,6,9-10H2;1-3,5-6,8H,4,7H2;1H4/t14-,16+,20?;12-;;/m10../s1. The number of carbonyl (C=O) groups is 1. The van der Waals surface area contributed by atoms with Gasteiger partial charge in [-0.1, -0.05) is 111 Å². The lowest BCUT2D eigenvalue weighted by Crippen LogP contribution is -2.54. The summed E-state index contributed by atoms with van der Waals surface area (Å²) in [5.41, 5.74) is 3.73. The summed E-state index contributed by atoms with van der Waals surface area (Å²) < 4.78 is 15.0. The molecule has 1 unspecified atom stereocenters. The van der Waals surface area contributed by atoms with E-state index >= 15 is 0 Å². The molecule has 0 aromatic heterocycles. The number of aliphatic hydroxyl groups is 1. The minimum Gasteiger partial charge on any atom is -0.393 e. The minimum atomic E-state index is -2.39. The smallest absolute Gasteiger partial charge is 0.393 e. The minimum absolute atomic E-state index is 0. The van der Waals surface area contributed by atoms with Crippen LogP contribution in [-0.2, 0) is 26.5 Å². The van der Waals surface area contributed by atoms with E-state index in [1.54, 1.807) is 6.08 Å². The zero-order chi connectivity index (χ0) is 31.5. The highest BCUT2D eigenvalue weighted by atomic mass is 28.4. The van der Waals surface area contributed by atoms with Crippen LogP contribution in [0.25, 0.3) is 0 Å². The van der Waals surface area contributed by atoms with Crippen molar-refractivity contribution < 1.29 is 18.8 Å². The Hall–Kier alpha value is -3.13. The van der Waals surface area contributed by atoms with Gasteiger partial charge in [0.2, 0.25) is 0 Å². The Balaban J connectivity index is 0.000000349. The average Bonchev–Trinajstić information content (AvgIpc) is 3.26. The van der Waals surface area contributed by atoms with Crippen molar-refractivity contribution in [3.8, 4) is 0 Å². The van der Waals surface area contributed by atoms with Crippen molar-refractivity contribution in [3.05, 3.63) is 133 Å². The summed E-state index contributed by atoms with van der Waals surface area (Å²) in [5.74, 6) is 0. The maximum Gasteiger partial charge on any atom is 0.432 e. The SMILES string of the molecule is C.C=CC[C@H](O)CCc1ccccc1.C=CC[Si]1(OC(C)C)O[C@H](c2ccccc2)[C@@H](C)N1C.O=CCCc1ccccc1. The quantitative estimate of drug-likeness (QED) is 0.118. The normalized spacial score (nSPS) is 19.8. The van der Waals surface area contributed by atoms with E-state index in [0.29, 0.717) is 18.9 Å². The summed E-state index contributed by atoms with van der Waals surface area (Å²) in [7, 11) is -0.276. The van der Waals surface area contributed by atoms with Crippen LogP contribution in [0, 0.1) is 0 Å². The molecule has 3 aromatic carbocycles. The zero-order valence-corrected chi connectivity index (χ0v) is 27.5. The predicted octanol–water partition coefficient (Wildman–Crippen LogP) is 8.64. The molecule has 1 aliphatic heterocycles. The molecule has 0 spiro atoms. The molecule has 1 fully saturated rings. The van der Waals surface area contributed by atoms with Crippen molar-refractivity contribution in [2.24, 2.45) is 0 Å². The molecule has 6 heteroatoms. The fourth-order valence-corrected chi connectivity index (χ4v) is 8.40. The van der Waals surface area contributed by atoms with Gasteiger partial charge in [-0.2, -0.15) is 0 Å². The lowest BCUT2D eigenvalue weighted by Gasteiger charge is -2.32. The lowest BCUT2D eigenvalue weighted by atomic mass is 10.0. The number of aliphatic hydroxyl groups excluding tert-OH is 1. The fourth-order valence-electron chi connectivity index (χ4n) is 4.94. The molecule has 0 saturated carbocycles. The molecule has 1 heterocycles. The number of carbonyl (C=O) groups excluding carboxylic acids is 1. The number of benzene rings is 3. The second-order valence-electron chi connectivity index (χ2n) is 11.1. The molecule has 0 radical (unpaired) electrons. The highest BCUT2D eigenvalue weighted by Crippen LogP contribution is 2.40. The molecule has 5 nitrogen and oxygen atoms in total. The van der Waals surface area contributed by atoms with Gasteiger partial charge in [0.1, 0.15) is 6.29 Å². The van der Waals surface area contributed by atoms with Crippen molar-refractivity contribution >= 4 is 15.0 Å². The molecule has 0 amide bonds. The average molecular weight is 618 g/mol. The Morgan fingerprint density at radius 2 is 1.43 bits per heavy atom. The first kappa shape index (κ1) is 38.9. The molecule has 4 rings (SSSR count). The van der Waals surface area contributed by atoms with Gasteiger partial charge in [0.05, 0.1) is 12.2 Å². The van der Waals surface area contributed by atoms with Crippen molar-refractivity contribution in [2.45, 2.75) is 90.7 Å². The van der Waals surface area contributed by atoms with Gasteiger partial charge < -0.3 is 18.8 Å². The van der Waals surface area contributed by atoms with Crippen LogP contribution in [0.5, 0.6) is 0 Å². The molecule has 240 valence electrons. The van der Waals surface area contributed by atoms with Crippen LogP contribution in [0.4, 0.5) is 0 Å². The van der Waals surface area contributed by atoms with Gasteiger partial charge in [-0.15, -0.1) is 13.2 Å². The number of nitrogens with zero attached hydrogens (tertiary/aromatic N) is 1. The molecule has 1 aliphatic rings. The third-order valence-corrected chi connectivity index (χ3v) is 11.0. The molecule has 0 aliphatic carbocycles. The summed E-state index contributed by atoms with van der Waals surface area (Å²) in [6.07, 6.45) is 8.57. The Labute approximate surface area is 268 Å². The first-order valence-corrected chi connectivity index (χ1v) is 17.3.